The smallest absolute Gasteiger partial charge is 0.234 e. The van der Waals surface area contributed by atoms with Crippen molar-refractivity contribution in [3.8, 4) is 11.8 Å². The number of benzene rings is 2. The molecule has 1 fully saturated rings. The van der Waals surface area contributed by atoms with E-state index in [1.807, 2.05) is 6.07 Å². The van der Waals surface area contributed by atoms with Gasteiger partial charge in [0.15, 0.2) is 0 Å². The van der Waals surface area contributed by atoms with Crippen LogP contribution < -0.4 is 15.8 Å². The summed E-state index contributed by atoms with van der Waals surface area (Å²) in [7, 11) is 0. The molecule has 7 heteroatoms. The van der Waals surface area contributed by atoms with Gasteiger partial charge in [-0.1, -0.05) is 24.3 Å². The number of nitrogens with one attached hydrogen (secondary N) is 1. The Kier molecular flexibility index (Phi) is 6.56. The van der Waals surface area contributed by atoms with Crippen molar-refractivity contribution < 1.29 is 13.9 Å². The quantitative estimate of drug-likeness (QED) is 0.840. The molecular formula is C19H19ClFN3O2. The van der Waals surface area contributed by atoms with Crippen LogP contribution in [0.5, 0.6) is 5.75 Å². The van der Waals surface area contributed by atoms with E-state index in [1.54, 1.807) is 30.3 Å². The van der Waals surface area contributed by atoms with Gasteiger partial charge in [-0.15, -0.1) is 12.4 Å². The molecule has 3 rings (SSSR count). The highest BCUT2D eigenvalue weighted by Gasteiger charge is 2.28. The van der Waals surface area contributed by atoms with E-state index in [4.69, 9.17) is 10.5 Å². The molecule has 2 aromatic rings. The molecule has 1 heterocycles. The lowest BCUT2D eigenvalue weighted by Crippen LogP contribution is -2.37. The number of carbonyl (C=O) groups excluding carboxylic acids is 1. The molecule has 1 aliphatic rings. The van der Waals surface area contributed by atoms with E-state index in [0.29, 0.717) is 23.3 Å². The molecule has 1 aliphatic heterocycles. The first-order valence-electron chi connectivity index (χ1n) is 8.04. The molecule has 5 nitrogen and oxygen atoms in total. The van der Waals surface area contributed by atoms with Crippen LogP contribution >= 0.6 is 12.4 Å². The molecular weight excluding hydrogens is 357 g/mol. The van der Waals surface area contributed by atoms with E-state index in [0.717, 1.165) is 12.0 Å². The third kappa shape index (κ3) is 4.31. The number of halogens is 2. The van der Waals surface area contributed by atoms with Gasteiger partial charge in [-0.2, -0.15) is 5.26 Å². The summed E-state index contributed by atoms with van der Waals surface area (Å²) in [6.45, 7) is 0.0477. The summed E-state index contributed by atoms with van der Waals surface area (Å²) < 4.78 is 19.3. The topological polar surface area (TPSA) is 88.1 Å². The number of hydrogen-bond acceptors (Lipinski definition) is 4. The second-order valence-electron chi connectivity index (χ2n) is 6.00. The van der Waals surface area contributed by atoms with Crippen LogP contribution in [0.25, 0.3) is 0 Å². The van der Waals surface area contributed by atoms with Crippen molar-refractivity contribution in [3.63, 3.8) is 0 Å². The highest BCUT2D eigenvalue weighted by atomic mass is 35.5. The number of amides is 1. The first-order chi connectivity index (χ1) is 12.1. The lowest BCUT2D eigenvalue weighted by Gasteiger charge is -2.15. The Labute approximate surface area is 157 Å². The minimum absolute atomic E-state index is 0. The average molecular weight is 376 g/mol. The fourth-order valence-electron chi connectivity index (χ4n) is 2.98. The molecule has 0 saturated carbocycles. The van der Waals surface area contributed by atoms with Crippen LogP contribution in [0.3, 0.4) is 0 Å². The minimum Gasteiger partial charge on any atom is -0.487 e. The molecule has 26 heavy (non-hydrogen) atoms. The van der Waals surface area contributed by atoms with Crippen molar-refractivity contribution in [3.05, 3.63) is 65.0 Å². The van der Waals surface area contributed by atoms with Gasteiger partial charge in [0.25, 0.3) is 0 Å². The third-order valence-corrected chi connectivity index (χ3v) is 4.36. The maximum atomic E-state index is 13.7. The predicted octanol–water partition coefficient (Wildman–Crippen LogP) is 2.98. The molecule has 136 valence electrons. The second kappa shape index (κ2) is 8.65. The first kappa shape index (κ1) is 19.7. The predicted molar refractivity (Wildman–Crippen MR) is 97.2 cm³/mol. The van der Waals surface area contributed by atoms with Crippen molar-refractivity contribution in [2.75, 3.05) is 0 Å². The zero-order valence-corrected chi connectivity index (χ0v) is 14.8. The molecule has 1 amide bonds. The van der Waals surface area contributed by atoms with Gasteiger partial charge in [0, 0.05) is 11.6 Å². The number of carbonyl (C=O) groups is 1. The number of rotatable bonds is 5. The van der Waals surface area contributed by atoms with E-state index in [9.17, 15) is 14.4 Å². The summed E-state index contributed by atoms with van der Waals surface area (Å²) in [4.78, 5) is 11.3. The lowest BCUT2D eigenvalue weighted by atomic mass is 10.0. The van der Waals surface area contributed by atoms with Gasteiger partial charge in [-0.05, 0) is 36.6 Å². The largest absolute Gasteiger partial charge is 0.487 e. The van der Waals surface area contributed by atoms with Crippen LogP contribution in [0, 0.1) is 17.1 Å². The Morgan fingerprint density at radius 3 is 2.73 bits per heavy atom. The Morgan fingerprint density at radius 2 is 2.08 bits per heavy atom. The molecule has 0 spiro atoms. The average Bonchev–Trinajstić information content (AvgIpc) is 3.11. The van der Waals surface area contributed by atoms with E-state index in [2.05, 4.69) is 11.4 Å². The van der Waals surface area contributed by atoms with Crippen LogP contribution in [0.1, 0.15) is 35.6 Å². The summed E-state index contributed by atoms with van der Waals surface area (Å²) in [5.74, 6) is -0.308. The molecule has 1 saturated heterocycles. The molecule has 0 aliphatic carbocycles. The molecule has 2 atom stereocenters. The van der Waals surface area contributed by atoms with E-state index in [1.165, 1.54) is 6.07 Å². The zero-order chi connectivity index (χ0) is 17.8. The SMILES string of the molecule is Cl.N#Cc1cc([C@H]2CC[C@@H](C(N)=O)N2)ccc1OCc1ccccc1F. The van der Waals surface area contributed by atoms with Crippen LogP contribution in [-0.2, 0) is 11.4 Å². The molecule has 0 radical (unpaired) electrons. The molecule has 0 bridgehead atoms. The molecule has 3 N–H and O–H groups in total. The highest BCUT2D eigenvalue weighted by Crippen LogP contribution is 2.30. The van der Waals surface area contributed by atoms with Gasteiger partial charge in [0.1, 0.15) is 24.2 Å². The number of nitrogens with zero attached hydrogens (tertiary/aromatic N) is 1. The van der Waals surface area contributed by atoms with Crippen molar-refractivity contribution in [2.45, 2.75) is 31.5 Å². The van der Waals surface area contributed by atoms with E-state index >= 15 is 0 Å². The number of ether oxygens (including phenoxy) is 1. The van der Waals surface area contributed by atoms with E-state index < -0.39 is 0 Å². The molecule has 0 unspecified atom stereocenters. The van der Waals surface area contributed by atoms with Crippen LogP contribution in [-0.4, -0.2) is 11.9 Å². The van der Waals surface area contributed by atoms with Crippen molar-refractivity contribution in [1.82, 2.24) is 5.32 Å². The summed E-state index contributed by atoms with van der Waals surface area (Å²) in [6, 6.07) is 13.4. The normalized spacial score (nSPS) is 18.6. The lowest BCUT2D eigenvalue weighted by molar-refractivity contribution is -0.119. The van der Waals surface area contributed by atoms with Crippen LogP contribution in [0.2, 0.25) is 0 Å². The van der Waals surface area contributed by atoms with Crippen molar-refractivity contribution >= 4 is 18.3 Å². The molecule has 0 aromatic heterocycles. The van der Waals surface area contributed by atoms with Gasteiger partial charge in [0.05, 0.1) is 11.6 Å². The highest BCUT2D eigenvalue weighted by molar-refractivity contribution is 5.85. The van der Waals surface area contributed by atoms with Gasteiger partial charge >= 0.3 is 0 Å². The van der Waals surface area contributed by atoms with Crippen molar-refractivity contribution in [1.29, 1.82) is 5.26 Å². The van der Waals surface area contributed by atoms with Crippen LogP contribution in [0.15, 0.2) is 42.5 Å². The number of primary amides is 1. The monoisotopic (exact) mass is 375 g/mol. The summed E-state index contributed by atoms with van der Waals surface area (Å²) >= 11 is 0. The van der Waals surface area contributed by atoms with E-state index in [-0.39, 0.29) is 42.8 Å². The zero-order valence-electron chi connectivity index (χ0n) is 13.9. The number of nitriles is 1. The Bertz CT molecular complexity index is 838. The van der Waals surface area contributed by atoms with Crippen LogP contribution in [0.4, 0.5) is 4.39 Å². The Morgan fingerprint density at radius 1 is 1.31 bits per heavy atom. The first-order valence-corrected chi connectivity index (χ1v) is 8.04. The maximum Gasteiger partial charge on any atom is 0.234 e. The fraction of sp³-hybridized carbons (Fsp3) is 0.263. The Balaban J connectivity index is 0.00000243. The maximum absolute atomic E-state index is 13.7. The Hall–Kier alpha value is -2.62. The summed E-state index contributed by atoms with van der Waals surface area (Å²) in [5, 5.41) is 12.5. The summed E-state index contributed by atoms with van der Waals surface area (Å²) in [6.07, 6.45) is 1.45. The van der Waals surface area contributed by atoms with Crippen molar-refractivity contribution in [2.24, 2.45) is 5.73 Å². The fourth-order valence-corrected chi connectivity index (χ4v) is 2.98. The van der Waals surface area contributed by atoms with Gasteiger partial charge < -0.3 is 10.5 Å². The van der Waals surface area contributed by atoms with Gasteiger partial charge in [-0.3, -0.25) is 10.1 Å². The number of nitrogens with two attached hydrogens (primary N) is 1. The standard InChI is InChI=1S/C19H18FN3O2.ClH/c20-15-4-2-1-3-13(15)11-25-18-8-5-12(9-14(18)10-21)16-6-7-17(23-16)19(22)24;/h1-5,8-9,16-17,23H,6-7,11H2,(H2,22,24);1H/t16-,17+;/m1./s1. The second-order valence-corrected chi connectivity index (χ2v) is 6.00. The third-order valence-electron chi connectivity index (χ3n) is 4.36. The number of hydrogen-bond donors (Lipinski definition) is 2. The van der Waals surface area contributed by atoms with Gasteiger partial charge in [-0.25, -0.2) is 4.39 Å². The minimum atomic E-state index is -0.368. The van der Waals surface area contributed by atoms with Gasteiger partial charge in [0.2, 0.25) is 5.91 Å². The summed E-state index contributed by atoms with van der Waals surface area (Å²) in [5.41, 5.74) is 7.02. The molecule has 2 aromatic carbocycles.